The highest BCUT2D eigenvalue weighted by Crippen LogP contribution is 2.35. The summed E-state index contributed by atoms with van der Waals surface area (Å²) in [5.74, 6) is -0.377. The van der Waals surface area contributed by atoms with Crippen LogP contribution < -0.4 is 0 Å². The molecular formula is C11H21NO2. The average Bonchev–Trinajstić information content (AvgIpc) is 2.17. The molecule has 3 heteroatoms. The predicted molar refractivity (Wildman–Crippen MR) is 56.3 cm³/mol. The van der Waals surface area contributed by atoms with Crippen molar-refractivity contribution in [1.29, 1.82) is 0 Å². The second-order valence-corrected chi connectivity index (χ2v) is 4.68. The number of rotatable bonds is 3. The molecule has 1 aliphatic carbocycles. The standard InChI is InChI=1S/C11H21NO2/c1-11(10(13)14,12(2)3)9-7-5-4-6-8-9/h9H,4-8H2,1-3H3,(H,13,14)/t11-/m1/s1. The summed E-state index contributed by atoms with van der Waals surface area (Å²) in [5.41, 5.74) is -0.680. The molecule has 0 bridgehead atoms. The van der Waals surface area contributed by atoms with Crippen LogP contribution >= 0.6 is 0 Å². The number of likely N-dealkylation sites (N-methyl/N-ethyl adjacent to an activating group) is 1. The smallest absolute Gasteiger partial charge is 0.324 e. The van der Waals surface area contributed by atoms with Gasteiger partial charge in [-0.2, -0.15) is 0 Å². The minimum Gasteiger partial charge on any atom is -0.480 e. The van der Waals surface area contributed by atoms with Gasteiger partial charge in [0.05, 0.1) is 0 Å². The monoisotopic (exact) mass is 199 g/mol. The Morgan fingerprint density at radius 1 is 1.29 bits per heavy atom. The molecule has 3 nitrogen and oxygen atoms in total. The van der Waals surface area contributed by atoms with Crippen LogP contribution in [0.2, 0.25) is 0 Å². The fourth-order valence-corrected chi connectivity index (χ4v) is 2.40. The first-order valence-corrected chi connectivity index (χ1v) is 5.40. The van der Waals surface area contributed by atoms with E-state index in [0.717, 1.165) is 12.8 Å². The van der Waals surface area contributed by atoms with Crippen LogP contribution in [-0.2, 0) is 4.79 Å². The van der Waals surface area contributed by atoms with Crippen molar-refractivity contribution in [2.45, 2.75) is 44.6 Å². The van der Waals surface area contributed by atoms with Gasteiger partial charge in [0, 0.05) is 0 Å². The molecule has 0 spiro atoms. The zero-order valence-electron chi connectivity index (χ0n) is 9.42. The van der Waals surface area contributed by atoms with Crippen LogP contribution in [0.4, 0.5) is 0 Å². The van der Waals surface area contributed by atoms with Crippen LogP contribution in [0.1, 0.15) is 39.0 Å². The van der Waals surface area contributed by atoms with Crippen LogP contribution in [0.25, 0.3) is 0 Å². The minimum absolute atomic E-state index is 0.309. The van der Waals surface area contributed by atoms with E-state index < -0.39 is 11.5 Å². The lowest BCUT2D eigenvalue weighted by atomic mass is 9.75. The molecule has 1 fully saturated rings. The van der Waals surface area contributed by atoms with Crippen LogP contribution in [0, 0.1) is 5.92 Å². The van der Waals surface area contributed by atoms with Gasteiger partial charge in [0.2, 0.25) is 0 Å². The van der Waals surface area contributed by atoms with Gasteiger partial charge in [0.25, 0.3) is 0 Å². The Balaban J connectivity index is 2.80. The quantitative estimate of drug-likeness (QED) is 0.755. The molecule has 0 unspecified atom stereocenters. The van der Waals surface area contributed by atoms with E-state index in [1.807, 2.05) is 25.9 Å². The van der Waals surface area contributed by atoms with E-state index in [9.17, 15) is 9.90 Å². The SMILES string of the molecule is CN(C)[C@@](C)(C(=O)O)C1CCCCC1. The Kier molecular flexibility index (Phi) is 3.53. The Morgan fingerprint density at radius 3 is 2.14 bits per heavy atom. The van der Waals surface area contributed by atoms with Crippen molar-refractivity contribution in [3.8, 4) is 0 Å². The Labute approximate surface area is 86.1 Å². The van der Waals surface area contributed by atoms with Gasteiger partial charge in [-0.1, -0.05) is 19.3 Å². The normalized spacial score (nSPS) is 23.4. The lowest BCUT2D eigenvalue weighted by molar-refractivity contribution is -0.153. The van der Waals surface area contributed by atoms with Crippen molar-refractivity contribution in [2.75, 3.05) is 14.1 Å². The fourth-order valence-electron chi connectivity index (χ4n) is 2.40. The van der Waals surface area contributed by atoms with Gasteiger partial charge in [-0.25, -0.2) is 0 Å². The van der Waals surface area contributed by atoms with E-state index in [1.54, 1.807) is 0 Å². The van der Waals surface area contributed by atoms with Crippen LogP contribution in [-0.4, -0.2) is 35.6 Å². The van der Waals surface area contributed by atoms with Crippen molar-refractivity contribution in [2.24, 2.45) is 5.92 Å². The predicted octanol–water partition coefficient (Wildman–Crippen LogP) is 1.97. The van der Waals surface area contributed by atoms with Crippen LogP contribution in [0.15, 0.2) is 0 Å². The summed E-state index contributed by atoms with van der Waals surface area (Å²) in [6.07, 6.45) is 5.74. The molecule has 1 atom stereocenters. The molecule has 0 heterocycles. The highest BCUT2D eigenvalue weighted by molar-refractivity contribution is 5.78. The molecular weight excluding hydrogens is 178 g/mol. The second-order valence-electron chi connectivity index (χ2n) is 4.68. The molecule has 0 amide bonds. The number of carboxylic acids is 1. The molecule has 0 aromatic rings. The number of nitrogens with zero attached hydrogens (tertiary/aromatic N) is 1. The largest absolute Gasteiger partial charge is 0.480 e. The topological polar surface area (TPSA) is 40.5 Å². The first kappa shape index (κ1) is 11.5. The lowest BCUT2D eigenvalue weighted by Crippen LogP contribution is -2.54. The van der Waals surface area contributed by atoms with Gasteiger partial charge in [0.1, 0.15) is 5.54 Å². The van der Waals surface area contributed by atoms with Crippen molar-refractivity contribution in [3.63, 3.8) is 0 Å². The van der Waals surface area contributed by atoms with E-state index in [0.29, 0.717) is 5.92 Å². The minimum atomic E-state index is -0.686. The summed E-state index contributed by atoms with van der Waals surface area (Å²) >= 11 is 0. The molecule has 0 aliphatic heterocycles. The zero-order valence-corrected chi connectivity index (χ0v) is 9.42. The number of hydrogen-bond donors (Lipinski definition) is 1. The molecule has 0 aromatic carbocycles. The number of aliphatic carboxylic acids is 1. The average molecular weight is 199 g/mol. The zero-order chi connectivity index (χ0) is 10.8. The van der Waals surface area contributed by atoms with E-state index >= 15 is 0 Å². The molecule has 1 saturated carbocycles. The molecule has 1 rings (SSSR count). The summed E-state index contributed by atoms with van der Waals surface area (Å²) in [5, 5.41) is 9.31. The summed E-state index contributed by atoms with van der Waals surface area (Å²) in [6.45, 7) is 1.85. The molecule has 1 N–H and O–H groups in total. The van der Waals surface area contributed by atoms with Crippen LogP contribution in [0.5, 0.6) is 0 Å². The first-order chi connectivity index (χ1) is 6.49. The molecule has 1 aliphatic rings. The van der Waals surface area contributed by atoms with Gasteiger partial charge in [-0.05, 0) is 39.8 Å². The molecule has 0 saturated heterocycles. The first-order valence-electron chi connectivity index (χ1n) is 5.40. The van der Waals surface area contributed by atoms with E-state index in [1.165, 1.54) is 19.3 Å². The Bertz CT molecular complexity index is 209. The number of hydrogen-bond acceptors (Lipinski definition) is 2. The summed E-state index contributed by atoms with van der Waals surface area (Å²) in [6, 6.07) is 0. The Morgan fingerprint density at radius 2 is 1.79 bits per heavy atom. The van der Waals surface area contributed by atoms with Crippen molar-refractivity contribution < 1.29 is 9.90 Å². The van der Waals surface area contributed by atoms with E-state index in [2.05, 4.69) is 0 Å². The third kappa shape index (κ3) is 1.92. The van der Waals surface area contributed by atoms with Crippen molar-refractivity contribution in [1.82, 2.24) is 4.90 Å². The van der Waals surface area contributed by atoms with Gasteiger partial charge in [-0.15, -0.1) is 0 Å². The second kappa shape index (κ2) is 4.30. The summed E-state index contributed by atoms with van der Waals surface area (Å²) < 4.78 is 0. The maximum atomic E-state index is 11.3. The summed E-state index contributed by atoms with van der Waals surface area (Å²) in [7, 11) is 3.73. The maximum absolute atomic E-state index is 11.3. The van der Waals surface area contributed by atoms with Gasteiger partial charge in [0.15, 0.2) is 0 Å². The van der Waals surface area contributed by atoms with Gasteiger partial charge in [-0.3, -0.25) is 9.69 Å². The third-order valence-corrected chi connectivity index (χ3v) is 3.76. The number of carboxylic acid groups (broad SMARTS) is 1. The maximum Gasteiger partial charge on any atom is 0.324 e. The lowest BCUT2D eigenvalue weighted by Gasteiger charge is -2.41. The van der Waals surface area contributed by atoms with E-state index in [4.69, 9.17) is 0 Å². The molecule has 82 valence electrons. The molecule has 0 radical (unpaired) electrons. The molecule has 14 heavy (non-hydrogen) atoms. The van der Waals surface area contributed by atoms with E-state index in [-0.39, 0.29) is 0 Å². The highest BCUT2D eigenvalue weighted by Gasteiger charge is 2.43. The highest BCUT2D eigenvalue weighted by atomic mass is 16.4. The van der Waals surface area contributed by atoms with Crippen molar-refractivity contribution in [3.05, 3.63) is 0 Å². The summed E-state index contributed by atoms with van der Waals surface area (Å²) in [4.78, 5) is 13.2. The van der Waals surface area contributed by atoms with Gasteiger partial charge >= 0.3 is 5.97 Å². The van der Waals surface area contributed by atoms with Crippen LogP contribution in [0.3, 0.4) is 0 Å². The Hall–Kier alpha value is -0.570. The third-order valence-electron chi connectivity index (χ3n) is 3.76. The fraction of sp³-hybridized carbons (Fsp3) is 0.909. The molecule has 0 aromatic heterocycles. The van der Waals surface area contributed by atoms with Crippen molar-refractivity contribution >= 4 is 5.97 Å². The number of carbonyl (C=O) groups is 1. The van der Waals surface area contributed by atoms with Gasteiger partial charge < -0.3 is 5.11 Å².